The number of thioether (sulfide) groups is 1. The van der Waals surface area contributed by atoms with Gasteiger partial charge >= 0.3 is 6.18 Å². The summed E-state index contributed by atoms with van der Waals surface area (Å²) in [6.07, 6.45) is -4.18. The van der Waals surface area contributed by atoms with Crippen LogP contribution in [0, 0.1) is 0 Å². The predicted molar refractivity (Wildman–Crippen MR) is 76.6 cm³/mol. The summed E-state index contributed by atoms with van der Waals surface area (Å²) in [5.74, 6) is -1.51. The summed E-state index contributed by atoms with van der Waals surface area (Å²) in [7, 11) is 0. The van der Waals surface area contributed by atoms with E-state index in [1.165, 1.54) is 0 Å². The van der Waals surface area contributed by atoms with Crippen LogP contribution in [-0.2, 0) is 9.47 Å². The number of hydrogen-bond acceptors (Lipinski definition) is 4. The van der Waals surface area contributed by atoms with Gasteiger partial charge < -0.3 is 14.8 Å². The summed E-state index contributed by atoms with van der Waals surface area (Å²) in [4.78, 5) is 0.569. The van der Waals surface area contributed by atoms with Crippen molar-refractivity contribution in [2.45, 2.75) is 36.7 Å². The fourth-order valence-electron chi connectivity index (χ4n) is 1.87. The highest BCUT2D eigenvalue weighted by atomic mass is 32.2. The maximum atomic E-state index is 12.3. The molecule has 1 aliphatic heterocycles. The van der Waals surface area contributed by atoms with Crippen LogP contribution in [0.1, 0.15) is 13.8 Å². The van der Waals surface area contributed by atoms with Gasteiger partial charge in [0.2, 0.25) is 0 Å². The minimum atomic E-state index is -4.18. The summed E-state index contributed by atoms with van der Waals surface area (Å²) in [5.41, 5.74) is 0.670. The van der Waals surface area contributed by atoms with E-state index in [1.807, 2.05) is 13.8 Å². The van der Waals surface area contributed by atoms with Crippen molar-refractivity contribution in [1.29, 1.82) is 0 Å². The van der Waals surface area contributed by atoms with Crippen LogP contribution in [0.2, 0.25) is 0 Å². The summed E-state index contributed by atoms with van der Waals surface area (Å²) in [6, 6.07) is 6.87. The van der Waals surface area contributed by atoms with Crippen molar-refractivity contribution < 1.29 is 22.6 Å². The highest BCUT2D eigenvalue weighted by molar-refractivity contribution is 7.99. The smallest absolute Gasteiger partial charge is 0.377 e. The van der Waals surface area contributed by atoms with Gasteiger partial charge in [-0.05, 0) is 26.0 Å². The highest BCUT2D eigenvalue weighted by Crippen LogP contribution is 2.32. The summed E-state index contributed by atoms with van der Waals surface area (Å²) in [6.45, 7) is 4.56. The van der Waals surface area contributed by atoms with Gasteiger partial charge in [0.25, 0.3) is 0 Å². The van der Waals surface area contributed by atoms with Crippen molar-refractivity contribution in [3.63, 3.8) is 0 Å². The Morgan fingerprint density at radius 2 is 1.86 bits per heavy atom. The maximum absolute atomic E-state index is 12.3. The van der Waals surface area contributed by atoms with Crippen LogP contribution in [0.4, 0.5) is 18.9 Å². The van der Waals surface area contributed by atoms with Crippen molar-refractivity contribution in [1.82, 2.24) is 0 Å². The van der Waals surface area contributed by atoms with E-state index in [-0.39, 0.29) is 6.04 Å². The van der Waals surface area contributed by atoms with E-state index >= 15 is 0 Å². The molecule has 1 aliphatic rings. The van der Waals surface area contributed by atoms with Crippen LogP contribution in [0.5, 0.6) is 0 Å². The van der Waals surface area contributed by atoms with Gasteiger partial charge in [-0.3, -0.25) is 0 Å². The zero-order chi connectivity index (χ0) is 15.5. The third-order valence-electron chi connectivity index (χ3n) is 2.90. The first-order valence-electron chi connectivity index (χ1n) is 6.58. The summed E-state index contributed by atoms with van der Waals surface area (Å²) in [5, 5.41) is 3.19. The largest absolute Gasteiger partial charge is 0.398 e. The average molecular weight is 321 g/mol. The third-order valence-corrected chi connectivity index (χ3v) is 4.04. The van der Waals surface area contributed by atoms with Gasteiger partial charge in [0, 0.05) is 10.6 Å². The average Bonchev–Trinajstić information content (AvgIpc) is 2.39. The first kappa shape index (κ1) is 16.5. The number of alkyl halides is 3. The quantitative estimate of drug-likeness (QED) is 0.852. The number of nitrogens with one attached hydrogen (secondary N) is 1. The molecule has 0 aliphatic carbocycles. The second kappa shape index (κ2) is 6.46. The molecule has 1 heterocycles. The molecule has 0 saturated carbocycles. The van der Waals surface area contributed by atoms with Gasteiger partial charge in [0.1, 0.15) is 0 Å². The fourth-order valence-corrected chi connectivity index (χ4v) is 2.64. The molecule has 1 N–H and O–H groups in total. The fraction of sp³-hybridized carbons (Fsp3) is 0.571. The Morgan fingerprint density at radius 3 is 2.48 bits per heavy atom. The molecule has 1 fully saturated rings. The molecule has 0 radical (unpaired) electrons. The zero-order valence-electron chi connectivity index (χ0n) is 11.9. The van der Waals surface area contributed by atoms with E-state index in [0.29, 0.717) is 23.8 Å². The first-order valence-corrected chi connectivity index (χ1v) is 7.57. The number of halogens is 3. The number of rotatable bonds is 4. The van der Waals surface area contributed by atoms with Crippen LogP contribution in [0.3, 0.4) is 0 Å². The number of benzene rings is 1. The van der Waals surface area contributed by atoms with Gasteiger partial charge in [-0.25, -0.2) is 0 Å². The Morgan fingerprint density at radius 1 is 1.24 bits per heavy atom. The molecule has 1 saturated heterocycles. The zero-order valence-corrected chi connectivity index (χ0v) is 12.7. The van der Waals surface area contributed by atoms with Crippen LogP contribution in [0.15, 0.2) is 29.2 Å². The molecule has 0 aromatic heterocycles. The molecule has 0 atom stereocenters. The van der Waals surface area contributed by atoms with E-state index < -0.39 is 17.7 Å². The molecule has 0 bridgehead atoms. The molecule has 0 spiro atoms. The summed E-state index contributed by atoms with van der Waals surface area (Å²) < 4.78 is 48.1. The second-order valence-corrected chi connectivity index (χ2v) is 6.28. The van der Waals surface area contributed by atoms with Crippen LogP contribution >= 0.6 is 11.8 Å². The van der Waals surface area contributed by atoms with E-state index in [2.05, 4.69) is 5.32 Å². The Bertz CT molecular complexity index is 470. The molecule has 1 aromatic carbocycles. The molecule has 0 unspecified atom stereocenters. The lowest BCUT2D eigenvalue weighted by atomic mass is 10.2. The van der Waals surface area contributed by atoms with Crippen LogP contribution in [-0.4, -0.2) is 37.0 Å². The highest BCUT2D eigenvalue weighted by Gasteiger charge is 2.30. The Kier molecular flexibility index (Phi) is 5.06. The van der Waals surface area contributed by atoms with Crippen molar-refractivity contribution >= 4 is 17.4 Å². The molecule has 1 aromatic rings. The molecular weight excluding hydrogens is 303 g/mol. The maximum Gasteiger partial charge on any atom is 0.398 e. The predicted octanol–water partition coefficient (Wildman–Crippen LogP) is 3.90. The van der Waals surface area contributed by atoms with Crippen molar-refractivity contribution in [3.05, 3.63) is 24.3 Å². The Balaban J connectivity index is 1.97. The van der Waals surface area contributed by atoms with Crippen molar-refractivity contribution in [2.75, 3.05) is 24.3 Å². The van der Waals surface area contributed by atoms with E-state index in [1.54, 1.807) is 24.3 Å². The topological polar surface area (TPSA) is 30.5 Å². The Hall–Kier alpha value is -0.920. The SMILES string of the molecule is CC1(C)OCC(Nc2ccccc2SCC(F)(F)F)CO1. The monoisotopic (exact) mass is 321 g/mol. The minimum absolute atomic E-state index is 0.0781. The standard InChI is InChI=1S/C14H18F3NO2S/c1-13(2)19-7-10(8-20-13)18-11-5-3-4-6-12(11)21-9-14(15,16)17/h3-6,10,18H,7-9H2,1-2H3. The number of anilines is 1. The number of para-hydroxylation sites is 1. The molecule has 118 valence electrons. The van der Waals surface area contributed by atoms with Crippen LogP contribution in [0.25, 0.3) is 0 Å². The van der Waals surface area contributed by atoms with Gasteiger partial charge in [-0.1, -0.05) is 12.1 Å². The first-order chi connectivity index (χ1) is 9.75. The molecular formula is C14H18F3NO2S. The van der Waals surface area contributed by atoms with Gasteiger partial charge in [-0.2, -0.15) is 13.2 Å². The summed E-state index contributed by atoms with van der Waals surface area (Å²) >= 11 is 0.773. The third kappa shape index (κ3) is 5.41. The van der Waals surface area contributed by atoms with E-state index in [4.69, 9.17) is 9.47 Å². The minimum Gasteiger partial charge on any atom is -0.377 e. The normalized spacial score (nSPS) is 19.5. The molecule has 2 rings (SSSR count). The lowest BCUT2D eigenvalue weighted by molar-refractivity contribution is -0.247. The molecule has 7 heteroatoms. The Labute approximate surface area is 126 Å². The lowest BCUT2D eigenvalue weighted by Gasteiger charge is -2.35. The van der Waals surface area contributed by atoms with Crippen molar-refractivity contribution in [3.8, 4) is 0 Å². The molecule has 0 amide bonds. The molecule has 3 nitrogen and oxygen atoms in total. The van der Waals surface area contributed by atoms with Crippen LogP contribution < -0.4 is 5.32 Å². The molecule has 21 heavy (non-hydrogen) atoms. The van der Waals surface area contributed by atoms with Crippen molar-refractivity contribution in [2.24, 2.45) is 0 Å². The van der Waals surface area contributed by atoms with E-state index in [0.717, 1.165) is 11.8 Å². The van der Waals surface area contributed by atoms with E-state index in [9.17, 15) is 13.2 Å². The van der Waals surface area contributed by atoms with Gasteiger partial charge in [0.05, 0.1) is 25.0 Å². The lowest BCUT2D eigenvalue weighted by Crippen LogP contribution is -2.45. The number of ether oxygens (including phenoxy) is 2. The van der Waals surface area contributed by atoms with Gasteiger partial charge in [0.15, 0.2) is 5.79 Å². The second-order valence-electron chi connectivity index (χ2n) is 5.26. The number of hydrogen-bond donors (Lipinski definition) is 1. The van der Waals surface area contributed by atoms with Gasteiger partial charge in [-0.15, -0.1) is 11.8 Å².